The summed E-state index contributed by atoms with van der Waals surface area (Å²) < 4.78 is 50.9. The number of aromatic nitrogens is 1. The van der Waals surface area contributed by atoms with E-state index in [0.29, 0.717) is 18.4 Å². The Bertz CT molecular complexity index is 1980. The van der Waals surface area contributed by atoms with Gasteiger partial charge >= 0.3 is 5.97 Å². The van der Waals surface area contributed by atoms with Gasteiger partial charge in [0.25, 0.3) is 0 Å². The van der Waals surface area contributed by atoms with Crippen molar-refractivity contribution in [3.05, 3.63) is 48.3 Å². The van der Waals surface area contributed by atoms with Crippen molar-refractivity contribution in [2.24, 2.45) is 35.5 Å². The lowest BCUT2D eigenvalue weighted by Gasteiger charge is -2.44. The Balaban J connectivity index is 1.05. The number of anilines is 1. The minimum Gasteiger partial charge on any atom is -0.462 e. The Morgan fingerprint density at radius 1 is 0.857 bits per heavy atom. The molecule has 0 spiro atoms. The van der Waals surface area contributed by atoms with Gasteiger partial charge in [0.1, 0.15) is 24.4 Å². The smallest absolute Gasteiger partial charge is 0.306 e. The molecule has 1 aromatic carbocycles. The molecule has 4 aliphatic heterocycles. The number of Topliss-reactive ketones (excluding diaryl/α,β-unsaturated/α-hetero) is 1. The van der Waals surface area contributed by atoms with Crippen LogP contribution in [0.5, 0.6) is 0 Å². The Morgan fingerprint density at radius 3 is 2.37 bits per heavy atom. The van der Waals surface area contributed by atoms with E-state index in [1.807, 2.05) is 26.2 Å². The lowest BCUT2D eigenvalue weighted by molar-refractivity contribution is -0.314. The van der Waals surface area contributed by atoms with Crippen molar-refractivity contribution in [2.45, 2.75) is 165 Å². The van der Waals surface area contributed by atoms with E-state index in [1.165, 1.54) is 5.69 Å². The van der Waals surface area contributed by atoms with Gasteiger partial charge in [0.2, 0.25) is 0 Å². The molecule has 2 saturated carbocycles. The van der Waals surface area contributed by atoms with Gasteiger partial charge in [-0.1, -0.05) is 32.1 Å². The highest BCUT2D eigenvalue weighted by Gasteiger charge is 2.69. The average Bonchev–Trinajstić information content (AvgIpc) is 3.67. The fourth-order valence-electron chi connectivity index (χ4n) is 13.3. The van der Waals surface area contributed by atoms with Crippen LogP contribution >= 0.6 is 0 Å². The number of benzene rings is 1. The molecule has 4 saturated heterocycles. The number of carbonyl (C=O) groups is 2. The van der Waals surface area contributed by atoms with Crippen molar-refractivity contribution in [3.8, 4) is 0 Å². The van der Waals surface area contributed by atoms with Gasteiger partial charge in [-0.25, -0.2) is 0 Å². The Kier molecular flexibility index (Phi) is 13.4. The predicted octanol–water partition coefficient (Wildman–Crippen LogP) is 6.74. The summed E-state index contributed by atoms with van der Waals surface area (Å²) in [5.74, 6) is -0.194. The number of hydrogen-bond donors (Lipinski definition) is 0. The van der Waals surface area contributed by atoms with E-state index in [-0.39, 0.29) is 103 Å². The van der Waals surface area contributed by atoms with Crippen LogP contribution in [-0.2, 0) is 47.5 Å². The van der Waals surface area contributed by atoms with E-state index >= 15 is 4.79 Å². The van der Waals surface area contributed by atoms with Crippen molar-refractivity contribution in [3.63, 3.8) is 0 Å². The summed E-state index contributed by atoms with van der Waals surface area (Å²) in [5, 5.41) is 2.24. The van der Waals surface area contributed by atoms with Crippen LogP contribution in [0.1, 0.15) is 85.5 Å². The summed E-state index contributed by atoms with van der Waals surface area (Å²) >= 11 is 0. The molecule has 7 aliphatic rings. The number of ketones is 1. The number of methoxy groups -OCH3 is 3. The number of ether oxygens (including phenoxy) is 8. The van der Waals surface area contributed by atoms with Gasteiger partial charge in [-0.2, -0.15) is 0 Å². The van der Waals surface area contributed by atoms with Crippen LogP contribution in [-0.4, -0.2) is 137 Å². The second-order valence-electron chi connectivity index (χ2n) is 19.9. The van der Waals surface area contributed by atoms with Gasteiger partial charge in [-0.15, -0.1) is 0 Å². The Labute approximate surface area is 373 Å². The molecule has 13 nitrogen and oxygen atoms in total. The molecule has 3 aliphatic carbocycles. The lowest BCUT2D eigenvalue weighted by Crippen LogP contribution is -2.59. The third-order valence-electron chi connectivity index (χ3n) is 16.3. The number of esters is 1. The minimum absolute atomic E-state index is 0.0154. The molecular weight excluding hydrogens is 803 g/mol. The summed E-state index contributed by atoms with van der Waals surface area (Å²) in [7, 11) is 9.21. The van der Waals surface area contributed by atoms with Crippen molar-refractivity contribution in [1.29, 1.82) is 0 Å². The quantitative estimate of drug-likeness (QED) is 0.185. The van der Waals surface area contributed by atoms with Crippen LogP contribution in [0.25, 0.3) is 10.8 Å². The standard InChI is InChI=1S/C50H71N3O10/c1-10-30-14-12-16-40(63-42-18-17-38(52(5)6)27(3)59-42)26(2)46(55)37-23-34-33-21-31(62-50-49(58-9)48(57-8)47(56-7)28(4)60-50)22-36(33)44-45(43(34)35(37)24-41(54)61-30)53(44)39-15-11-13-29-25-51-20-19-32(29)39/h11,13,15,19-20,23,25-28,30-31,33-36,38,40,42-45,47-50H,10,12,14,16-18,21-22,24H2,1-9H3/t26-,27?,28?,30+,31+,33+,34+,35-,36-,38+,40+,42+,43-,44+,45-,47+,48?,49+,50+,53?/m1/s1. The van der Waals surface area contributed by atoms with Gasteiger partial charge in [0, 0.05) is 68.1 Å². The number of carbonyl (C=O) groups excluding carboxylic acids is 2. The van der Waals surface area contributed by atoms with Crippen LogP contribution < -0.4 is 4.90 Å². The first kappa shape index (κ1) is 45.2. The molecule has 2 aromatic rings. The summed E-state index contributed by atoms with van der Waals surface area (Å²) in [6.45, 7) is 8.24. The second-order valence-corrected chi connectivity index (χ2v) is 19.9. The number of fused-ring (bicyclic) bond motifs is 9. The van der Waals surface area contributed by atoms with E-state index in [1.54, 1.807) is 21.3 Å². The predicted molar refractivity (Wildman–Crippen MR) is 237 cm³/mol. The van der Waals surface area contributed by atoms with Gasteiger partial charge in [-0.05, 0) is 121 Å². The number of rotatable bonds is 10. The maximum absolute atomic E-state index is 15.3. The molecule has 3 unspecified atom stereocenters. The maximum atomic E-state index is 15.3. The molecule has 346 valence electrons. The SMILES string of the molecule is CC[C@H]1CCC[C@H](O[C@H]2CC[C@H](N(C)C)C(C)O2)[C@@H](C)C(=O)C2=C[C@H]3[C@@H]4C[C@H](O[C@@H]5OC(C)[C@H](OC)C(OC)[C@@H]5OC)C[C@H]4[C@H]4[C@@H]([C@H]3[C@@H]2CC(=O)O1)N4c1cccc2cnccc12. The van der Waals surface area contributed by atoms with Crippen LogP contribution in [0, 0.1) is 35.5 Å². The number of cyclic esters (lactones) is 1. The third-order valence-corrected chi connectivity index (χ3v) is 16.3. The summed E-state index contributed by atoms with van der Waals surface area (Å²) in [6.07, 6.45) is 9.60. The van der Waals surface area contributed by atoms with Crippen molar-refractivity contribution in [1.82, 2.24) is 9.88 Å². The van der Waals surface area contributed by atoms with E-state index in [2.05, 4.69) is 73.1 Å². The first-order valence-electron chi connectivity index (χ1n) is 23.9. The van der Waals surface area contributed by atoms with Gasteiger partial charge in [0.05, 0.1) is 42.9 Å². The summed E-state index contributed by atoms with van der Waals surface area (Å²) in [4.78, 5) is 38.7. The molecular formula is C50H71N3O10. The van der Waals surface area contributed by atoms with E-state index < -0.39 is 18.3 Å². The highest BCUT2D eigenvalue weighted by atomic mass is 16.7. The van der Waals surface area contributed by atoms with Crippen LogP contribution in [0.2, 0.25) is 0 Å². The van der Waals surface area contributed by atoms with Crippen LogP contribution in [0.15, 0.2) is 48.3 Å². The van der Waals surface area contributed by atoms with Crippen LogP contribution in [0.4, 0.5) is 5.69 Å². The normalized spacial score (nSPS) is 43.0. The molecule has 1 aromatic heterocycles. The monoisotopic (exact) mass is 874 g/mol. The third kappa shape index (κ3) is 8.40. The lowest BCUT2D eigenvalue weighted by atomic mass is 9.66. The molecule has 0 bridgehead atoms. The fraction of sp³-hybridized carbons (Fsp3) is 0.740. The van der Waals surface area contributed by atoms with Crippen LogP contribution in [0.3, 0.4) is 0 Å². The average molecular weight is 874 g/mol. The molecule has 63 heavy (non-hydrogen) atoms. The summed E-state index contributed by atoms with van der Waals surface area (Å²) in [5.41, 5.74) is 1.95. The Morgan fingerprint density at radius 2 is 1.63 bits per heavy atom. The molecule has 0 N–H and O–H groups in total. The summed E-state index contributed by atoms with van der Waals surface area (Å²) in [6, 6.07) is 9.22. The highest BCUT2D eigenvalue weighted by molar-refractivity contribution is 5.99. The number of nitrogens with zero attached hydrogens (tertiary/aromatic N) is 3. The molecule has 0 radical (unpaired) electrons. The van der Waals surface area contributed by atoms with Crippen molar-refractivity contribution < 1.29 is 47.5 Å². The van der Waals surface area contributed by atoms with E-state index in [4.69, 9.17) is 37.9 Å². The molecule has 9 rings (SSSR count). The van der Waals surface area contributed by atoms with Gasteiger partial charge in [0.15, 0.2) is 18.4 Å². The number of likely N-dealkylation sites (N-methyl/N-ethyl adjacent to an activating group) is 1. The zero-order chi connectivity index (χ0) is 44.3. The molecule has 5 heterocycles. The largest absolute Gasteiger partial charge is 0.462 e. The van der Waals surface area contributed by atoms with E-state index in [0.717, 1.165) is 61.3 Å². The van der Waals surface area contributed by atoms with Gasteiger partial charge in [-0.3, -0.25) is 14.6 Å². The number of pyridine rings is 1. The maximum Gasteiger partial charge on any atom is 0.306 e. The Hall–Kier alpha value is -3.01. The zero-order valence-electron chi connectivity index (χ0n) is 38.8. The molecule has 13 heteroatoms. The zero-order valence-corrected chi connectivity index (χ0v) is 38.8. The minimum atomic E-state index is -0.638. The van der Waals surface area contributed by atoms with Crippen molar-refractivity contribution in [2.75, 3.05) is 40.3 Å². The highest BCUT2D eigenvalue weighted by Crippen LogP contribution is 2.65. The fourth-order valence-corrected chi connectivity index (χ4v) is 13.3. The van der Waals surface area contributed by atoms with E-state index in [9.17, 15) is 4.79 Å². The topological polar surface area (TPSA) is 127 Å². The first-order valence-corrected chi connectivity index (χ1v) is 23.9. The molecule has 6 fully saturated rings. The molecule has 0 amide bonds. The number of allylic oxidation sites excluding steroid dienone is 2. The number of hydrogen-bond acceptors (Lipinski definition) is 13. The van der Waals surface area contributed by atoms with Gasteiger partial charge < -0.3 is 47.7 Å². The van der Waals surface area contributed by atoms with Crippen molar-refractivity contribution >= 4 is 28.2 Å². The molecule has 19 atom stereocenters. The second kappa shape index (κ2) is 18.7. The first-order chi connectivity index (χ1) is 30.5.